The number of carbonyl (C=O) groups is 2. The highest BCUT2D eigenvalue weighted by Crippen LogP contribution is 2.38. The molecule has 0 aliphatic carbocycles. The molecule has 6 N–H and O–H groups in total. The molecular formula is C17H25N5O2. The van der Waals surface area contributed by atoms with Gasteiger partial charge in [0.2, 0.25) is 11.8 Å². The molecule has 1 fully saturated rings. The lowest BCUT2D eigenvalue weighted by atomic mass is 9.66. The van der Waals surface area contributed by atoms with Crippen molar-refractivity contribution in [1.82, 2.24) is 10.6 Å². The van der Waals surface area contributed by atoms with Gasteiger partial charge in [-0.15, -0.1) is 0 Å². The Morgan fingerprint density at radius 2 is 2.04 bits per heavy atom. The normalized spacial score (nSPS) is 22.2. The number of nitrogens with two attached hydrogens (primary N) is 2. The van der Waals surface area contributed by atoms with E-state index < -0.39 is 5.41 Å². The van der Waals surface area contributed by atoms with Crippen molar-refractivity contribution in [2.45, 2.75) is 31.7 Å². The zero-order valence-corrected chi connectivity index (χ0v) is 13.9. The summed E-state index contributed by atoms with van der Waals surface area (Å²) in [4.78, 5) is 28.6. The molecule has 0 spiro atoms. The van der Waals surface area contributed by atoms with E-state index in [-0.39, 0.29) is 23.8 Å². The molecule has 2 rings (SSSR count). The van der Waals surface area contributed by atoms with E-state index in [9.17, 15) is 9.59 Å². The predicted octanol–water partition coefficient (Wildman–Crippen LogP) is -0.0964. The summed E-state index contributed by atoms with van der Waals surface area (Å²) in [5.41, 5.74) is 10.8. The van der Waals surface area contributed by atoms with Crippen molar-refractivity contribution in [1.29, 1.82) is 0 Å². The molecule has 0 bridgehead atoms. The van der Waals surface area contributed by atoms with Crippen LogP contribution in [0.3, 0.4) is 0 Å². The minimum atomic E-state index is -1.03. The molecule has 7 nitrogen and oxygen atoms in total. The van der Waals surface area contributed by atoms with Crippen LogP contribution in [-0.2, 0) is 16.0 Å². The summed E-state index contributed by atoms with van der Waals surface area (Å²) < 4.78 is 0. The smallest absolute Gasteiger partial charge is 0.238 e. The van der Waals surface area contributed by atoms with E-state index in [0.29, 0.717) is 25.8 Å². The first-order valence-electron chi connectivity index (χ1n) is 8.13. The van der Waals surface area contributed by atoms with Crippen molar-refractivity contribution in [3.63, 3.8) is 0 Å². The zero-order valence-electron chi connectivity index (χ0n) is 13.9. The summed E-state index contributed by atoms with van der Waals surface area (Å²) >= 11 is 0. The largest absolute Gasteiger partial charge is 0.370 e. The second-order valence-electron chi connectivity index (χ2n) is 6.01. The Hall–Kier alpha value is -2.57. The Bertz CT molecular complexity index is 613. The highest BCUT2D eigenvalue weighted by atomic mass is 16.2. The molecule has 0 saturated carbocycles. The predicted molar refractivity (Wildman–Crippen MR) is 93.1 cm³/mol. The molecule has 1 aliphatic rings. The molecule has 2 amide bonds. The fraction of sp³-hybridized carbons (Fsp3) is 0.471. The standard InChI is InChI=1S/C17H25N5O2/c1-20-14(23)17(10-5-11-21-16(18)19)13(22-15(17)24)9-8-12-6-3-2-4-7-12/h2-4,6-7,13H,5,8-11H2,1H3,(H,20,23)(H,22,24)(H4,18,19,21)/t13-,17-/m1/s1. The van der Waals surface area contributed by atoms with Gasteiger partial charge < -0.3 is 22.1 Å². The maximum atomic E-state index is 12.4. The van der Waals surface area contributed by atoms with E-state index in [0.717, 1.165) is 6.42 Å². The Kier molecular flexibility index (Phi) is 5.78. The van der Waals surface area contributed by atoms with Crippen LogP contribution >= 0.6 is 0 Å². The van der Waals surface area contributed by atoms with Crippen molar-refractivity contribution in [3.05, 3.63) is 35.9 Å². The van der Waals surface area contributed by atoms with Gasteiger partial charge in [0.1, 0.15) is 5.41 Å². The van der Waals surface area contributed by atoms with E-state index in [2.05, 4.69) is 15.6 Å². The Morgan fingerprint density at radius 1 is 1.33 bits per heavy atom. The third-order valence-electron chi connectivity index (χ3n) is 4.53. The first kappa shape index (κ1) is 17.8. The number of guanidine groups is 1. The van der Waals surface area contributed by atoms with Crippen molar-refractivity contribution >= 4 is 17.8 Å². The molecule has 0 radical (unpaired) electrons. The average molecular weight is 331 g/mol. The van der Waals surface area contributed by atoms with Crippen molar-refractivity contribution < 1.29 is 9.59 Å². The van der Waals surface area contributed by atoms with E-state index in [1.54, 1.807) is 7.05 Å². The van der Waals surface area contributed by atoms with Crippen LogP contribution in [0.5, 0.6) is 0 Å². The van der Waals surface area contributed by atoms with Gasteiger partial charge in [0.15, 0.2) is 5.96 Å². The Morgan fingerprint density at radius 3 is 2.62 bits per heavy atom. The van der Waals surface area contributed by atoms with E-state index in [1.807, 2.05) is 30.3 Å². The first-order chi connectivity index (χ1) is 11.5. The van der Waals surface area contributed by atoms with Crippen molar-refractivity contribution in [2.24, 2.45) is 21.9 Å². The second-order valence-corrected chi connectivity index (χ2v) is 6.01. The number of aryl methyl sites for hydroxylation is 1. The molecule has 1 heterocycles. The molecule has 0 aromatic heterocycles. The van der Waals surface area contributed by atoms with Gasteiger partial charge in [-0.05, 0) is 31.2 Å². The van der Waals surface area contributed by atoms with E-state index in [4.69, 9.17) is 11.5 Å². The third kappa shape index (κ3) is 3.67. The number of hydrogen-bond acceptors (Lipinski definition) is 3. The summed E-state index contributed by atoms with van der Waals surface area (Å²) in [6.45, 7) is 0.403. The van der Waals surface area contributed by atoms with E-state index >= 15 is 0 Å². The Labute approximate surface area is 141 Å². The molecule has 1 saturated heterocycles. The third-order valence-corrected chi connectivity index (χ3v) is 4.53. The quantitative estimate of drug-likeness (QED) is 0.175. The van der Waals surface area contributed by atoms with Crippen LogP contribution in [0, 0.1) is 5.41 Å². The molecular weight excluding hydrogens is 306 g/mol. The first-order valence-corrected chi connectivity index (χ1v) is 8.13. The minimum absolute atomic E-state index is 0.0164. The molecule has 24 heavy (non-hydrogen) atoms. The van der Waals surface area contributed by atoms with Crippen molar-refractivity contribution in [2.75, 3.05) is 13.6 Å². The van der Waals surface area contributed by atoms with Crippen molar-refractivity contribution in [3.8, 4) is 0 Å². The van der Waals surface area contributed by atoms with Crippen LogP contribution in [0.1, 0.15) is 24.8 Å². The molecule has 1 aromatic rings. The number of amides is 2. The number of β-lactam (4-membered cyclic amide) rings is 1. The molecule has 1 aromatic carbocycles. The number of nitrogens with zero attached hydrogens (tertiary/aromatic N) is 1. The number of aliphatic imine (C=N–C) groups is 1. The molecule has 130 valence electrons. The maximum absolute atomic E-state index is 12.4. The highest BCUT2D eigenvalue weighted by Gasteiger charge is 2.59. The van der Waals surface area contributed by atoms with E-state index in [1.165, 1.54) is 5.56 Å². The van der Waals surface area contributed by atoms with Gasteiger partial charge in [0.25, 0.3) is 0 Å². The summed E-state index contributed by atoms with van der Waals surface area (Å²) in [6, 6.07) is 9.84. The Balaban J connectivity index is 2.04. The summed E-state index contributed by atoms with van der Waals surface area (Å²) in [5, 5.41) is 5.51. The van der Waals surface area contributed by atoms with Gasteiger partial charge in [-0.2, -0.15) is 0 Å². The van der Waals surface area contributed by atoms with Crippen LogP contribution in [0.2, 0.25) is 0 Å². The molecule has 0 unspecified atom stereocenters. The molecule has 2 atom stereocenters. The lowest BCUT2D eigenvalue weighted by Crippen LogP contribution is -2.72. The zero-order chi connectivity index (χ0) is 17.6. The lowest BCUT2D eigenvalue weighted by Gasteiger charge is -2.47. The summed E-state index contributed by atoms with van der Waals surface area (Å²) in [5.74, 6) is -0.443. The van der Waals surface area contributed by atoms with Gasteiger partial charge in [-0.3, -0.25) is 14.6 Å². The lowest BCUT2D eigenvalue weighted by molar-refractivity contribution is -0.158. The van der Waals surface area contributed by atoms with Gasteiger partial charge in [0.05, 0.1) is 6.04 Å². The highest BCUT2D eigenvalue weighted by molar-refractivity contribution is 6.10. The molecule has 1 aliphatic heterocycles. The number of benzene rings is 1. The fourth-order valence-corrected chi connectivity index (χ4v) is 3.22. The van der Waals surface area contributed by atoms with Crippen LogP contribution < -0.4 is 22.1 Å². The minimum Gasteiger partial charge on any atom is -0.370 e. The van der Waals surface area contributed by atoms with Gasteiger partial charge >= 0.3 is 0 Å². The van der Waals surface area contributed by atoms with Crippen LogP contribution in [0.4, 0.5) is 0 Å². The van der Waals surface area contributed by atoms with Gasteiger partial charge in [0, 0.05) is 13.6 Å². The van der Waals surface area contributed by atoms with Crippen LogP contribution in [0.15, 0.2) is 35.3 Å². The summed E-state index contributed by atoms with van der Waals surface area (Å²) in [7, 11) is 1.56. The maximum Gasteiger partial charge on any atom is 0.238 e. The molecule has 7 heteroatoms. The number of carbonyl (C=O) groups excluding carboxylic acids is 2. The SMILES string of the molecule is CNC(=O)[C@]1(CCCN=C(N)N)C(=O)N[C@@H]1CCc1ccccc1. The second kappa shape index (κ2) is 7.81. The number of nitrogens with one attached hydrogen (secondary N) is 2. The van der Waals surface area contributed by atoms with Crippen LogP contribution in [-0.4, -0.2) is 37.4 Å². The number of rotatable bonds is 8. The summed E-state index contributed by atoms with van der Waals surface area (Å²) in [6.07, 6.45) is 2.51. The fourth-order valence-electron chi connectivity index (χ4n) is 3.22. The van der Waals surface area contributed by atoms with Gasteiger partial charge in [-0.25, -0.2) is 0 Å². The van der Waals surface area contributed by atoms with Gasteiger partial charge in [-0.1, -0.05) is 30.3 Å². The topological polar surface area (TPSA) is 123 Å². The average Bonchev–Trinajstić information content (AvgIpc) is 2.58. The monoisotopic (exact) mass is 331 g/mol. The number of hydrogen-bond donors (Lipinski definition) is 4. The van der Waals surface area contributed by atoms with Crippen LogP contribution in [0.25, 0.3) is 0 Å².